The van der Waals surface area contributed by atoms with Gasteiger partial charge in [0.25, 0.3) is 0 Å². The van der Waals surface area contributed by atoms with Crippen LogP contribution in [0.4, 0.5) is 13.2 Å². The van der Waals surface area contributed by atoms with Gasteiger partial charge in [0.1, 0.15) is 0 Å². The van der Waals surface area contributed by atoms with Crippen molar-refractivity contribution in [3.8, 4) is 0 Å². The Hall–Kier alpha value is -0.00377. The van der Waals surface area contributed by atoms with Gasteiger partial charge in [0.15, 0.2) is 0 Å². The summed E-state index contributed by atoms with van der Waals surface area (Å²) in [5.41, 5.74) is -0.907. The summed E-state index contributed by atoms with van der Waals surface area (Å²) in [5.74, 6) is 0. The number of alkyl halides is 3. The summed E-state index contributed by atoms with van der Waals surface area (Å²) < 4.78 is 35.1. The summed E-state index contributed by atoms with van der Waals surface area (Å²) in [6.45, 7) is 0. The van der Waals surface area contributed by atoms with Crippen molar-refractivity contribution < 1.29 is 25.6 Å². The van der Waals surface area contributed by atoms with Crippen molar-refractivity contribution >= 4 is 23.1 Å². The molecule has 1 nitrogen and oxygen atoms in total. The van der Waals surface area contributed by atoms with Gasteiger partial charge in [-0.05, 0) is 0 Å². The molecule has 0 N–H and O–H groups in total. The minimum absolute atomic E-state index is 0. The number of hydrogen-bond donors (Lipinski definition) is 0. The molecule has 0 atom stereocenters. The van der Waals surface area contributed by atoms with Crippen LogP contribution in [0.2, 0.25) is 0 Å². The van der Waals surface area contributed by atoms with E-state index in [0.717, 1.165) is 6.07 Å². The standard InChI is InChI=1S/C6H3F3N.ClH.Mg/c7-6(8,9)5-3-1-2-4-10-5;;/h1-3H;1H;/q-1;;+2/p-1. The number of aromatic nitrogens is 1. The van der Waals surface area contributed by atoms with E-state index in [1.54, 1.807) is 0 Å². The van der Waals surface area contributed by atoms with Gasteiger partial charge in [-0.25, -0.2) is 0 Å². The van der Waals surface area contributed by atoms with Gasteiger partial charge in [0, 0.05) is 5.69 Å². The van der Waals surface area contributed by atoms with Crippen LogP contribution in [-0.2, 0) is 6.18 Å². The number of hydrogen-bond acceptors (Lipinski definition) is 1. The fourth-order valence-corrected chi connectivity index (χ4v) is 0.484. The van der Waals surface area contributed by atoms with Crippen LogP contribution in [0.25, 0.3) is 0 Å². The molecule has 0 aliphatic carbocycles. The van der Waals surface area contributed by atoms with Crippen LogP contribution in [-0.4, -0.2) is 28.0 Å². The zero-order chi connectivity index (χ0) is 7.61. The quantitative estimate of drug-likeness (QED) is 0.372. The number of nitrogens with zero attached hydrogens (tertiary/aromatic N) is 1. The van der Waals surface area contributed by atoms with E-state index in [9.17, 15) is 13.2 Å². The maximum atomic E-state index is 11.7. The van der Waals surface area contributed by atoms with E-state index in [-0.39, 0.29) is 35.5 Å². The largest absolute Gasteiger partial charge is 2.00 e. The van der Waals surface area contributed by atoms with Gasteiger partial charge in [0.2, 0.25) is 0 Å². The minimum atomic E-state index is -4.35. The molecule has 1 rings (SSSR count). The molecule has 0 aliphatic rings. The van der Waals surface area contributed by atoms with Gasteiger partial charge in [-0.3, -0.25) is 0 Å². The van der Waals surface area contributed by atoms with E-state index >= 15 is 0 Å². The number of rotatable bonds is 0. The second-order valence-corrected chi connectivity index (χ2v) is 1.65. The Kier molecular flexibility index (Phi) is 6.79. The molecule has 62 valence electrons. The summed E-state index contributed by atoms with van der Waals surface area (Å²) in [7, 11) is 0. The Bertz CT molecular complexity index is 214. The van der Waals surface area contributed by atoms with Crippen molar-refractivity contribution in [3.63, 3.8) is 0 Å². The van der Waals surface area contributed by atoms with Gasteiger partial charge >= 0.3 is 29.2 Å². The van der Waals surface area contributed by atoms with Gasteiger partial charge in [-0.15, -0.1) is 6.07 Å². The van der Waals surface area contributed by atoms with Gasteiger partial charge < -0.3 is 17.4 Å². The zero-order valence-electron chi connectivity index (χ0n) is 5.90. The maximum Gasteiger partial charge on any atom is 2.00 e. The van der Waals surface area contributed by atoms with Crippen LogP contribution >= 0.6 is 0 Å². The molecule has 0 fully saturated rings. The molecule has 0 spiro atoms. The molecule has 0 unspecified atom stereocenters. The Labute approximate surface area is 89.9 Å². The predicted molar refractivity (Wildman–Crippen MR) is 33.8 cm³/mol. The summed E-state index contributed by atoms with van der Waals surface area (Å²) in [6, 6.07) is 3.46. The normalized spacial score (nSPS) is 9.58. The average Bonchev–Trinajstić information content (AvgIpc) is 1.88. The van der Waals surface area contributed by atoms with Crippen LogP contribution in [0.15, 0.2) is 18.2 Å². The first-order valence-electron chi connectivity index (χ1n) is 2.51. The molecule has 12 heavy (non-hydrogen) atoms. The van der Waals surface area contributed by atoms with Crippen molar-refractivity contribution in [3.05, 3.63) is 30.1 Å². The third-order valence-electron chi connectivity index (χ3n) is 0.900. The van der Waals surface area contributed by atoms with Gasteiger partial charge in [-0.1, -0.05) is 6.20 Å². The third-order valence-corrected chi connectivity index (χ3v) is 0.900. The van der Waals surface area contributed by atoms with Gasteiger partial charge in [0.05, 0.1) is 0 Å². The fraction of sp³-hybridized carbons (Fsp3) is 0.167. The maximum absolute atomic E-state index is 11.7. The zero-order valence-corrected chi connectivity index (χ0v) is 8.07. The number of pyridine rings is 1. The molecule has 0 radical (unpaired) electrons. The Balaban J connectivity index is 0. The summed E-state index contributed by atoms with van der Waals surface area (Å²) in [4.78, 5) is 3.00. The van der Waals surface area contributed by atoms with E-state index in [4.69, 9.17) is 0 Å². The van der Waals surface area contributed by atoms with Crippen LogP contribution in [0, 0.1) is 6.20 Å². The van der Waals surface area contributed by atoms with Crippen LogP contribution < -0.4 is 12.4 Å². The van der Waals surface area contributed by atoms with Crippen molar-refractivity contribution in [2.45, 2.75) is 6.18 Å². The van der Waals surface area contributed by atoms with Crippen LogP contribution in [0.1, 0.15) is 5.69 Å². The molecule has 1 aromatic heterocycles. The predicted octanol–water partition coefficient (Wildman–Crippen LogP) is -1.48. The molecule has 6 heteroatoms. The minimum Gasteiger partial charge on any atom is -1.00 e. The Morgan fingerprint density at radius 2 is 1.92 bits per heavy atom. The van der Waals surface area contributed by atoms with E-state index in [1.165, 1.54) is 12.1 Å². The van der Waals surface area contributed by atoms with Crippen molar-refractivity contribution in [1.29, 1.82) is 0 Å². The molecule has 1 heterocycles. The summed E-state index contributed by atoms with van der Waals surface area (Å²) in [5, 5.41) is 0. The molecule has 0 bridgehead atoms. The fourth-order valence-electron chi connectivity index (χ4n) is 0.484. The van der Waals surface area contributed by atoms with E-state index in [2.05, 4.69) is 11.2 Å². The van der Waals surface area contributed by atoms with E-state index < -0.39 is 11.9 Å². The molecule has 0 amide bonds. The third kappa shape index (κ3) is 4.13. The van der Waals surface area contributed by atoms with E-state index in [0.29, 0.717) is 0 Å². The average molecular weight is 206 g/mol. The monoisotopic (exact) mass is 205 g/mol. The molecular weight excluding hydrogens is 203 g/mol. The molecule has 0 saturated carbocycles. The van der Waals surface area contributed by atoms with Crippen LogP contribution in [0.5, 0.6) is 0 Å². The second kappa shape index (κ2) is 5.61. The summed E-state index contributed by atoms with van der Waals surface area (Å²) in [6.07, 6.45) is -2.25. The van der Waals surface area contributed by atoms with E-state index in [1.807, 2.05) is 0 Å². The summed E-state index contributed by atoms with van der Waals surface area (Å²) >= 11 is 0. The molecule has 0 aromatic carbocycles. The SMILES string of the molecule is FC(F)(F)c1ccc[c-]n1.[Cl-].[Mg+2]. The first-order valence-corrected chi connectivity index (χ1v) is 2.51. The second-order valence-electron chi connectivity index (χ2n) is 1.65. The molecular formula is C6H3ClF3MgN. The topological polar surface area (TPSA) is 12.9 Å². The molecule has 1 aromatic rings. The van der Waals surface area contributed by atoms with Crippen molar-refractivity contribution in [2.75, 3.05) is 0 Å². The molecule has 0 aliphatic heterocycles. The van der Waals surface area contributed by atoms with Crippen molar-refractivity contribution in [1.82, 2.24) is 4.98 Å². The van der Waals surface area contributed by atoms with Gasteiger partial charge in [-0.2, -0.15) is 25.3 Å². The first-order chi connectivity index (χ1) is 4.61. The Morgan fingerprint density at radius 1 is 1.33 bits per heavy atom. The first kappa shape index (κ1) is 14.5. The number of halogens is 4. The van der Waals surface area contributed by atoms with Crippen LogP contribution in [0.3, 0.4) is 0 Å². The smallest absolute Gasteiger partial charge is 1.00 e. The Morgan fingerprint density at radius 3 is 2.17 bits per heavy atom. The molecule has 0 saturated heterocycles. The van der Waals surface area contributed by atoms with Crippen molar-refractivity contribution in [2.24, 2.45) is 0 Å².